The Morgan fingerprint density at radius 1 is 0.700 bits per heavy atom. The highest BCUT2D eigenvalue weighted by Gasteiger charge is 2.09. The van der Waals surface area contributed by atoms with E-state index in [9.17, 15) is 0 Å². The van der Waals surface area contributed by atoms with Crippen molar-refractivity contribution >= 4 is 27.3 Å². The van der Waals surface area contributed by atoms with Gasteiger partial charge in [-0.3, -0.25) is 4.98 Å². The smallest absolute Gasteiger partial charge is 0.153 e. The summed E-state index contributed by atoms with van der Waals surface area (Å²) in [5.74, 6) is 0. The fraction of sp³-hybridized carbons (Fsp3) is 0.0385. The Labute approximate surface area is 173 Å². The fourth-order valence-electron chi connectivity index (χ4n) is 3.99. The molecular weight excluding hydrogens is 368 g/mol. The summed E-state index contributed by atoms with van der Waals surface area (Å²) < 4.78 is 1.96. The average Bonchev–Trinajstić information content (AvgIpc) is 3.20. The molecule has 0 atom stereocenters. The maximum atomic E-state index is 4.91. The number of fused-ring (bicyclic) bond motifs is 3. The maximum Gasteiger partial charge on any atom is 0.153 e. The second-order valence-electron chi connectivity index (χ2n) is 7.51. The molecule has 0 fully saturated rings. The van der Waals surface area contributed by atoms with E-state index in [1.54, 1.807) is 0 Å². The second kappa shape index (κ2) is 6.78. The van der Waals surface area contributed by atoms with E-state index in [0.29, 0.717) is 0 Å². The summed E-state index contributed by atoms with van der Waals surface area (Å²) in [6.07, 6.45) is 4.50. The highest BCUT2D eigenvalue weighted by Crippen LogP contribution is 2.24. The van der Waals surface area contributed by atoms with Gasteiger partial charge in [0.25, 0.3) is 0 Å². The van der Waals surface area contributed by atoms with Crippen LogP contribution in [0.15, 0.2) is 97.3 Å². The minimum absolute atomic E-state index is 0.764. The second-order valence-corrected chi connectivity index (χ2v) is 7.51. The first-order valence-electron chi connectivity index (χ1n) is 10.00. The van der Waals surface area contributed by atoms with Crippen molar-refractivity contribution in [1.29, 1.82) is 0 Å². The molecule has 0 saturated heterocycles. The summed E-state index contributed by atoms with van der Waals surface area (Å²) in [4.78, 5) is 8.96. The van der Waals surface area contributed by atoms with Gasteiger partial charge < -0.3 is 0 Å². The van der Waals surface area contributed by atoms with Crippen molar-refractivity contribution in [3.63, 3.8) is 0 Å². The molecule has 0 unspecified atom stereocenters. The van der Waals surface area contributed by atoms with Gasteiger partial charge in [-0.2, -0.15) is 5.10 Å². The minimum Gasteiger partial charge on any atom is -0.256 e. The molecule has 30 heavy (non-hydrogen) atoms. The number of imidazole rings is 1. The predicted octanol–water partition coefficient (Wildman–Crippen LogP) is 5.69. The van der Waals surface area contributed by atoms with Crippen LogP contribution >= 0.6 is 0 Å². The first kappa shape index (κ1) is 16.9. The average molecular weight is 386 g/mol. The molecule has 0 amide bonds. The molecule has 0 aliphatic rings. The zero-order valence-electron chi connectivity index (χ0n) is 16.2. The number of benzene rings is 3. The zero-order valence-corrected chi connectivity index (χ0v) is 16.2. The van der Waals surface area contributed by atoms with Gasteiger partial charge in [-0.15, -0.1) is 0 Å². The fourth-order valence-corrected chi connectivity index (χ4v) is 3.99. The molecule has 3 aromatic carbocycles. The van der Waals surface area contributed by atoms with Gasteiger partial charge in [-0.1, -0.05) is 48.5 Å². The lowest BCUT2D eigenvalue weighted by molar-refractivity contribution is 0.876. The summed E-state index contributed by atoms with van der Waals surface area (Å²) in [5, 5.41) is 8.51. The van der Waals surface area contributed by atoms with Crippen LogP contribution < -0.4 is 0 Å². The lowest BCUT2D eigenvalue weighted by Crippen LogP contribution is -2.00. The number of aromatic nitrogens is 4. The van der Waals surface area contributed by atoms with E-state index >= 15 is 0 Å². The topological polar surface area (TPSA) is 43.1 Å². The van der Waals surface area contributed by atoms with Gasteiger partial charge in [0.15, 0.2) is 5.65 Å². The third-order valence-electron chi connectivity index (χ3n) is 5.53. The monoisotopic (exact) mass is 386 g/mol. The Bertz CT molecular complexity index is 1530. The van der Waals surface area contributed by atoms with Crippen molar-refractivity contribution in [1.82, 2.24) is 19.6 Å². The van der Waals surface area contributed by atoms with Crippen LogP contribution in [0.25, 0.3) is 38.6 Å². The molecular formula is C26H18N4. The molecule has 3 aromatic heterocycles. The highest BCUT2D eigenvalue weighted by molar-refractivity contribution is 5.86. The van der Waals surface area contributed by atoms with Crippen LogP contribution in [-0.4, -0.2) is 19.6 Å². The third kappa shape index (κ3) is 2.90. The normalized spacial score (nSPS) is 11.5. The van der Waals surface area contributed by atoms with E-state index in [1.165, 1.54) is 16.3 Å². The molecule has 4 heteroatoms. The van der Waals surface area contributed by atoms with Crippen LogP contribution in [0.1, 0.15) is 11.3 Å². The predicted molar refractivity (Wildman–Crippen MR) is 120 cm³/mol. The molecule has 142 valence electrons. The molecule has 0 bridgehead atoms. The Morgan fingerprint density at radius 3 is 2.57 bits per heavy atom. The Morgan fingerprint density at radius 2 is 1.60 bits per heavy atom. The summed E-state index contributed by atoms with van der Waals surface area (Å²) >= 11 is 0. The van der Waals surface area contributed by atoms with Gasteiger partial charge >= 0.3 is 0 Å². The van der Waals surface area contributed by atoms with Crippen LogP contribution in [0, 0.1) is 0 Å². The van der Waals surface area contributed by atoms with Crippen molar-refractivity contribution in [2.45, 2.75) is 6.42 Å². The lowest BCUT2D eigenvalue weighted by Gasteiger charge is -2.07. The van der Waals surface area contributed by atoms with E-state index < -0.39 is 0 Å². The molecule has 0 radical (unpaired) electrons. The van der Waals surface area contributed by atoms with Crippen LogP contribution in [0.2, 0.25) is 0 Å². The van der Waals surface area contributed by atoms with Gasteiger partial charge in [-0.05, 0) is 52.7 Å². The SMILES string of the molecule is c1ccc2cc(-c3ccc4ncc(Cc5ccc6ncccc6c5)n4n3)ccc2c1. The van der Waals surface area contributed by atoms with Gasteiger partial charge in [-0.25, -0.2) is 9.50 Å². The number of rotatable bonds is 3. The van der Waals surface area contributed by atoms with Gasteiger partial charge in [0.2, 0.25) is 0 Å². The van der Waals surface area contributed by atoms with Crippen LogP contribution in [0.5, 0.6) is 0 Å². The standard InChI is InChI=1S/C26H18N4/c1-2-5-20-16-22(9-8-19(20)4-1)25-11-12-26-28-17-23(30(26)29-25)15-18-7-10-24-21(14-18)6-3-13-27-24/h1-14,16-17H,15H2. The maximum absolute atomic E-state index is 4.91. The summed E-state index contributed by atoms with van der Waals surface area (Å²) in [5.41, 5.74) is 6.20. The zero-order chi connectivity index (χ0) is 19.9. The van der Waals surface area contributed by atoms with E-state index in [-0.39, 0.29) is 0 Å². The molecule has 4 nitrogen and oxygen atoms in total. The van der Waals surface area contributed by atoms with Crippen molar-refractivity contribution in [2.75, 3.05) is 0 Å². The lowest BCUT2D eigenvalue weighted by atomic mass is 10.1. The van der Waals surface area contributed by atoms with E-state index in [4.69, 9.17) is 5.10 Å². The molecule has 0 spiro atoms. The first-order chi connectivity index (χ1) is 14.8. The van der Waals surface area contributed by atoms with E-state index in [2.05, 4.69) is 76.7 Å². The molecule has 0 saturated carbocycles. The van der Waals surface area contributed by atoms with Crippen molar-refractivity contribution in [2.24, 2.45) is 0 Å². The first-order valence-corrected chi connectivity index (χ1v) is 10.00. The quantitative estimate of drug-likeness (QED) is 0.392. The number of nitrogens with zero attached hydrogens (tertiary/aromatic N) is 4. The molecule has 0 aliphatic heterocycles. The Kier molecular flexibility index (Phi) is 3.81. The molecule has 0 N–H and O–H groups in total. The number of hydrogen-bond acceptors (Lipinski definition) is 3. The summed E-state index contributed by atoms with van der Waals surface area (Å²) in [6, 6.07) is 29.4. The highest BCUT2D eigenvalue weighted by atomic mass is 15.3. The summed E-state index contributed by atoms with van der Waals surface area (Å²) in [6.45, 7) is 0. The number of hydrogen-bond donors (Lipinski definition) is 0. The van der Waals surface area contributed by atoms with Crippen molar-refractivity contribution in [3.05, 3.63) is 109 Å². The van der Waals surface area contributed by atoms with Crippen LogP contribution in [0.3, 0.4) is 0 Å². The minimum atomic E-state index is 0.764. The molecule has 6 rings (SSSR count). The van der Waals surface area contributed by atoms with Crippen LogP contribution in [0.4, 0.5) is 0 Å². The molecule has 0 aliphatic carbocycles. The van der Waals surface area contributed by atoms with Gasteiger partial charge in [0.05, 0.1) is 23.1 Å². The Hall–Kier alpha value is -4.05. The molecule has 3 heterocycles. The van der Waals surface area contributed by atoms with Gasteiger partial charge in [0.1, 0.15) is 0 Å². The Balaban J connectivity index is 1.40. The van der Waals surface area contributed by atoms with Crippen molar-refractivity contribution < 1.29 is 0 Å². The third-order valence-corrected chi connectivity index (χ3v) is 5.53. The molecule has 6 aromatic rings. The van der Waals surface area contributed by atoms with Gasteiger partial charge in [0, 0.05) is 23.6 Å². The van der Waals surface area contributed by atoms with E-state index in [0.717, 1.165) is 39.9 Å². The summed E-state index contributed by atoms with van der Waals surface area (Å²) in [7, 11) is 0. The largest absolute Gasteiger partial charge is 0.256 e. The van der Waals surface area contributed by atoms with Crippen LogP contribution in [-0.2, 0) is 6.42 Å². The van der Waals surface area contributed by atoms with Crippen molar-refractivity contribution in [3.8, 4) is 11.3 Å². The van der Waals surface area contributed by atoms with E-state index in [1.807, 2.05) is 35.1 Å². The number of pyridine rings is 1.